The highest BCUT2D eigenvalue weighted by Gasteiger charge is 2.22. The summed E-state index contributed by atoms with van der Waals surface area (Å²) >= 11 is 1.44. The lowest BCUT2D eigenvalue weighted by molar-refractivity contribution is -0.384. The number of non-ortho nitro benzene ring substituents is 1. The van der Waals surface area contributed by atoms with E-state index in [4.69, 9.17) is 4.52 Å². The maximum absolute atomic E-state index is 10.9. The maximum Gasteiger partial charge on any atom is 0.269 e. The Hall–Kier alpha value is -3.53. The molecule has 1 unspecified atom stereocenters. The molecule has 0 N–H and O–H groups in total. The molecule has 1 atom stereocenters. The van der Waals surface area contributed by atoms with Crippen LogP contribution in [0.4, 0.5) is 5.69 Å². The van der Waals surface area contributed by atoms with Gasteiger partial charge in [-0.1, -0.05) is 35.1 Å². The Kier molecular flexibility index (Phi) is 5.09. The molecule has 0 aliphatic heterocycles. The summed E-state index contributed by atoms with van der Waals surface area (Å²) < 4.78 is 7.18. The molecule has 0 amide bonds. The average Bonchev–Trinajstić information content (AvgIpc) is 3.35. The lowest BCUT2D eigenvalue weighted by Gasteiger charge is -2.11. The zero-order valence-electron chi connectivity index (χ0n) is 15.6. The summed E-state index contributed by atoms with van der Waals surface area (Å²) in [6.07, 6.45) is 0. The molecule has 2 aromatic carbocycles. The number of benzene rings is 2. The van der Waals surface area contributed by atoms with Gasteiger partial charge in [0.15, 0.2) is 16.8 Å². The fourth-order valence-electron chi connectivity index (χ4n) is 2.76. The smallest absolute Gasteiger partial charge is 0.269 e. The number of hydrogen-bond acceptors (Lipinski definition) is 8. The summed E-state index contributed by atoms with van der Waals surface area (Å²) in [5, 5.41) is 24.0. The summed E-state index contributed by atoms with van der Waals surface area (Å²) in [6, 6.07) is 15.9. The highest BCUT2D eigenvalue weighted by atomic mass is 32.2. The third-order valence-electron chi connectivity index (χ3n) is 4.16. The van der Waals surface area contributed by atoms with Gasteiger partial charge in [0.05, 0.1) is 10.2 Å². The molecule has 0 saturated heterocycles. The molecule has 4 aromatic rings. The van der Waals surface area contributed by atoms with Crippen molar-refractivity contribution in [2.75, 3.05) is 0 Å². The second-order valence-corrected chi connectivity index (χ2v) is 7.53. The summed E-state index contributed by atoms with van der Waals surface area (Å²) in [5.41, 5.74) is 1.62. The van der Waals surface area contributed by atoms with Gasteiger partial charge in [0, 0.05) is 23.4 Å². The van der Waals surface area contributed by atoms with Gasteiger partial charge < -0.3 is 4.52 Å². The SMILES string of the molecule is Cc1noc(C(C)Sc2nnc(-c3ccc([N+](=O)[O-])cc3)n2-c2ccccc2)n1. The van der Waals surface area contributed by atoms with E-state index >= 15 is 0 Å². The molecule has 0 bridgehead atoms. The minimum atomic E-state index is -0.430. The summed E-state index contributed by atoms with van der Waals surface area (Å²) in [6.45, 7) is 3.72. The fraction of sp³-hybridized carbons (Fsp3) is 0.158. The van der Waals surface area contributed by atoms with Crippen LogP contribution in [0.1, 0.15) is 23.9 Å². The normalized spacial score (nSPS) is 12.1. The predicted molar refractivity (Wildman–Crippen MR) is 107 cm³/mol. The first-order valence-electron chi connectivity index (χ1n) is 8.75. The van der Waals surface area contributed by atoms with E-state index in [0.29, 0.717) is 22.7 Å². The molecule has 0 spiro atoms. The van der Waals surface area contributed by atoms with Crippen LogP contribution in [0.2, 0.25) is 0 Å². The van der Waals surface area contributed by atoms with Crippen molar-refractivity contribution in [3.63, 3.8) is 0 Å². The Balaban J connectivity index is 1.75. The van der Waals surface area contributed by atoms with E-state index in [1.54, 1.807) is 19.1 Å². The Morgan fingerprint density at radius 2 is 1.83 bits per heavy atom. The fourth-order valence-corrected chi connectivity index (χ4v) is 3.66. The van der Waals surface area contributed by atoms with Crippen molar-refractivity contribution in [1.29, 1.82) is 0 Å². The number of aryl methyl sites for hydroxylation is 1. The highest BCUT2D eigenvalue weighted by molar-refractivity contribution is 7.99. The number of nitro groups is 1. The van der Waals surface area contributed by atoms with Crippen LogP contribution in [0, 0.1) is 17.0 Å². The van der Waals surface area contributed by atoms with Gasteiger partial charge in [0.25, 0.3) is 5.69 Å². The average molecular weight is 408 g/mol. The first-order valence-corrected chi connectivity index (χ1v) is 9.63. The Morgan fingerprint density at radius 1 is 1.10 bits per heavy atom. The van der Waals surface area contributed by atoms with Crippen molar-refractivity contribution < 1.29 is 9.45 Å². The molecule has 29 heavy (non-hydrogen) atoms. The first-order chi connectivity index (χ1) is 14.0. The first kappa shape index (κ1) is 18.8. The largest absolute Gasteiger partial charge is 0.338 e. The molecule has 0 radical (unpaired) electrons. The quantitative estimate of drug-likeness (QED) is 0.262. The minimum Gasteiger partial charge on any atom is -0.338 e. The zero-order chi connectivity index (χ0) is 20.4. The molecule has 2 heterocycles. The number of nitrogens with zero attached hydrogens (tertiary/aromatic N) is 6. The van der Waals surface area contributed by atoms with Crippen molar-refractivity contribution in [2.24, 2.45) is 0 Å². The minimum absolute atomic E-state index is 0.0227. The van der Waals surface area contributed by atoms with Crippen LogP contribution in [0.3, 0.4) is 0 Å². The van der Waals surface area contributed by atoms with E-state index in [1.807, 2.05) is 41.8 Å². The molecule has 146 valence electrons. The molecular formula is C19H16N6O3S. The molecule has 0 saturated carbocycles. The summed E-state index contributed by atoms with van der Waals surface area (Å²) in [4.78, 5) is 14.8. The number of hydrogen-bond donors (Lipinski definition) is 0. The third kappa shape index (κ3) is 3.87. The van der Waals surface area contributed by atoms with E-state index in [2.05, 4.69) is 20.3 Å². The molecule has 2 aromatic heterocycles. The van der Waals surface area contributed by atoms with E-state index in [-0.39, 0.29) is 10.9 Å². The molecule has 10 heteroatoms. The van der Waals surface area contributed by atoms with Crippen LogP contribution in [0.25, 0.3) is 17.1 Å². The third-order valence-corrected chi connectivity index (χ3v) is 5.19. The maximum atomic E-state index is 10.9. The number of thioether (sulfide) groups is 1. The van der Waals surface area contributed by atoms with Gasteiger partial charge in [0.1, 0.15) is 0 Å². The number of rotatable bonds is 6. The lowest BCUT2D eigenvalue weighted by atomic mass is 10.2. The van der Waals surface area contributed by atoms with Crippen LogP contribution in [0.15, 0.2) is 64.3 Å². The standard InChI is InChI=1S/C19H16N6O3S/c1-12(18-20-13(2)23-28-18)29-19-22-21-17(24(19)15-6-4-3-5-7-15)14-8-10-16(11-9-14)25(26)27/h3-12H,1-2H3. The van der Waals surface area contributed by atoms with E-state index in [9.17, 15) is 10.1 Å². The van der Waals surface area contributed by atoms with Crippen molar-refractivity contribution in [3.05, 3.63) is 76.4 Å². The molecule has 0 fully saturated rings. The van der Waals surface area contributed by atoms with E-state index in [0.717, 1.165) is 11.3 Å². The monoisotopic (exact) mass is 408 g/mol. The van der Waals surface area contributed by atoms with Crippen molar-refractivity contribution in [1.82, 2.24) is 24.9 Å². The van der Waals surface area contributed by atoms with E-state index < -0.39 is 4.92 Å². The van der Waals surface area contributed by atoms with E-state index in [1.165, 1.54) is 23.9 Å². The number of para-hydroxylation sites is 1. The zero-order valence-corrected chi connectivity index (χ0v) is 16.4. The Labute approximate surface area is 169 Å². The lowest BCUT2D eigenvalue weighted by Crippen LogP contribution is -2.01. The van der Waals surface area contributed by atoms with Crippen LogP contribution in [0.5, 0.6) is 0 Å². The van der Waals surface area contributed by atoms with Gasteiger partial charge in [-0.25, -0.2) is 0 Å². The van der Waals surface area contributed by atoms with Gasteiger partial charge in [-0.2, -0.15) is 4.98 Å². The topological polar surface area (TPSA) is 113 Å². The Morgan fingerprint density at radius 3 is 2.45 bits per heavy atom. The van der Waals surface area contributed by atoms with Crippen LogP contribution >= 0.6 is 11.8 Å². The number of nitro benzene ring substituents is 1. The van der Waals surface area contributed by atoms with Crippen molar-refractivity contribution in [2.45, 2.75) is 24.3 Å². The van der Waals surface area contributed by atoms with Crippen LogP contribution in [-0.4, -0.2) is 29.8 Å². The second kappa shape index (κ2) is 7.84. The van der Waals surface area contributed by atoms with Gasteiger partial charge >= 0.3 is 0 Å². The molecule has 0 aliphatic rings. The van der Waals surface area contributed by atoms with Crippen LogP contribution in [-0.2, 0) is 0 Å². The second-order valence-electron chi connectivity index (χ2n) is 6.22. The summed E-state index contributed by atoms with van der Waals surface area (Å²) in [7, 11) is 0. The summed E-state index contributed by atoms with van der Waals surface area (Å²) in [5.74, 6) is 1.66. The molecule has 0 aliphatic carbocycles. The Bertz CT molecular complexity index is 1140. The molecular weight excluding hydrogens is 392 g/mol. The van der Waals surface area contributed by atoms with Crippen molar-refractivity contribution >= 4 is 17.4 Å². The molecule has 9 nitrogen and oxygen atoms in total. The highest BCUT2D eigenvalue weighted by Crippen LogP contribution is 2.36. The predicted octanol–water partition coefficient (Wildman–Crippen LogP) is 4.39. The number of aromatic nitrogens is 5. The van der Waals surface area contributed by atoms with Gasteiger partial charge in [-0.3, -0.25) is 14.7 Å². The van der Waals surface area contributed by atoms with Gasteiger partial charge in [-0.15, -0.1) is 10.2 Å². The van der Waals surface area contributed by atoms with Crippen LogP contribution < -0.4 is 0 Å². The van der Waals surface area contributed by atoms with Crippen molar-refractivity contribution in [3.8, 4) is 17.1 Å². The molecule has 4 rings (SSSR count). The van der Waals surface area contributed by atoms with Gasteiger partial charge in [-0.05, 0) is 38.1 Å². The van der Waals surface area contributed by atoms with Gasteiger partial charge in [0.2, 0.25) is 5.89 Å².